The summed E-state index contributed by atoms with van der Waals surface area (Å²) in [7, 11) is 0. The highest BCUT2D eigenvalue weighted by molar-refractivity contribution is 7.16. The standard InChI is InChI=1S/C13H19N3S2/c1-7(2)9-10(8-6-17-12(14)15-8)18-11(16-9)13(3,4)5/h6-7H,1-5H3,(H2,14,15). The number of nitrogens with two attached hydrogens (primary N) is 1. The Morgan fingerprint density at radius 2 is 1.89 bits per heavy atom. The van der Waals surface area contributed by atoms with Crippen molar-refractivity contribution in [3.8, 4) is 10.6 Å². The average molecular weight is 281 g/mol. The van der Waals surface area contributed by atoms with Gasteiger partial charge in [0.15, 0.2) is 5.13 Å². The zero-order valence-corrected chi connectivity index (χ0v) is 13.1. The molecule has 0 fully saturated rings. The van der Waals surface area contributed by atoms with E-state index >= 15 is 0 Å². The van der Waals surface area contributed by atoms with Crippen LogP contribution in [0.1, 0.15) is 51.2 Å². The normalized spacial score (nSPS) is 12.3. The molecule has 18 heavy (non-hydrogen) atoms. The molecule has 2 N–H and O–H groups in total. The second-order valence-corrected chi connectivity index (χ2v) is 7.60. The molecule has 3 nitrogen and oxygen atoms in total. The van der Waals surface area contributed by atoms with Gasteiger partial charge in [0.05, 0.1) is 21.3 Å². The SMILES string of the molecule is CC(C)c1nc(C(C)(C)C)sc1-c1csc(N)n1. The number of rotatable bonds is 2. The Labute approximate surface area is 116 Å². The van der Waals surface area contributed by atoms with Gasteiger partial charge < -0.3 is 5.73 Å². The predicted molar refractivity (Wildman–Crippen MR) is 80.4 cm³/mol. The molecule has 0 aliphatic rings. The Morgan fingerprint density at radius 1 is 1.22 bits per heavy atom. The van der Waals surface area contributed by atoms with Gasteiger partial charge in [-0.2, -0.15) is 0 Å². The van der Waals surface area contributed by atoms with Gasteiger partial charge in [0, 0.05) is 10.8 Å². The first-order valence-electron chi connectivity index (χ1n) is 6.01. The first-order chi connectivity index (χ1) is 8.29. The zero-order valence-electron chi connectivity index (χ0n) is 11.4. The summed E-state index contributed by atoms with van der Waals surface area (Å²) in [6.45, 7) is 10.9. The van der Waals surface area contributed by atoms with Crippen LogP contribution < -0.4 is 5.73 Å². The molecular formula is C13H19N3S2. The third-order valence-electron chi connectivity index (χ3n) is 2.60. The predicted octanol–water partition coefficient (Wildman–Crippen LogP) is 4.27. The number of nitrogens with zero attached hydrogens (tertiary/aromatic N) is 2. The van der Waals surface area contributed by atoms with E-state index in [0.29, 0.717) is 11.0 Å². The minimum Gasteiger partial charge on any atom is -0.375 e. The Hall–Kier alpha value is -0.940. The van der Waals surface area contributed by atoms with Gasteiger partial charge in [-0.25, -0.2) is 9.97 Å². The maximum atomic E-state index is 5.73. The van der Waals surface area contributed by atoms with Gasteiger partial charge >= 0.3 is 0 Å². The molecule has 0 unspecified atom stereocenters. The monoisotopic (exact) mass is 281 g/mol. The number of aromatic nitrogens is 2. The third-order valence-corrected chi connectivity index (χ3v) is 4.79. The number of hydrogen-bond acceptors (Lipinski definition) is 5. The van der Waals surface area contributed by atoms with Crippen molar-refractivity contribution in [2.24, 2.45) is 0 Å². The summed E-state index contributed by atoms with van der Waals surface area (Å²) in [6.07, 6.45) is 0. The van der Waals surface area contributed by atoms with E-state index in [1.807, 2.05) is 5.38 Å². The van der Waals surface area contributed by atoms with Crippen LogP contribution in [0.4, 0.5) is 5.13 Å². The highest BCUT2D eigenvalue weighted by Gasteiger charge is 2.24. The molecule has 0 bridgehead atoms. The van der Waals surface area contributed by atoms with E-state index in [1.54, 1.807) is 11.3 Å². The minimum atomic E-state index is 0.0775. The summed E-state index contributed by atoms with van der Waals surface area (Å²) in [5.41, 5.74) is 7.91. The third kappa shape index (κ3) is 2.57. The molecule has 98 valence electrons. The number of hydrogen-bond donors (Lipinski definition) is 1. The van der Waals surface area contributed by atoms with Crippen LogP contribution >= 0.6 is 22.7 Å². The molecule has 0 saturated carbocycles. The number of nitrogen functional groups attached to an aromatic ring is 1. The van der Waals surface area contributed by atoms with Gasteiger partial charge in [-0.3, -0.25) is 0 Å². The van der Waals surface area contributed by atoms with Crippen molar-refractivity contribution >= 4 is 27.8 Å². The topological polar surface area (TPSA) is 51.8 Å². The van der Waals surface area contributed by atoms with Crippen molar-refractivity contribution in [2.75, 3.05) is 5.73 Å². The van der Waals surface area contributed by atoms with E-state index < -0.39 is 0 Å². The lowest BCUT2D eigenvalue weighted by atomic mass is 9.98. The molecule has 0 spiro atoms. The summed E-state index contributed by atoms with van der Waals surface area (Å²) in [5, 5.41) is 3.79. The van der Waals surface area contributed by atoms with Crippen LogP contribution in [-0.2, 0) is 5.41 Å². The molecule has 0 aliphatic heterocycles. The maximum Gasteiger partial charge on any atom is 0.180 e. The van der Waals surface area contributed by atoms with Crippen LogP contribution in [0.15, 0.2) is 5.38 Å². The Morgan fingerprint density at radius 3 is 2.33 bits per heavy atom. The summed E-state index contributed by atoms with van der Waals surface area (Å²) in [5.74, 6) is 0.398. The molecule has 0 aromatic carbocycles. The van der Waals surface area contributed by atoms with Gasteiger partial charge in [-0.1, -0.05) is 34.6 Å². The fourth-order valence-electron chi connectivity index (χ4n) is 1.62. The van der Waals surface area contributed by atoms with Crippen molar-refractivity contribution in [1.29, 1.82) is 0 Å². The summed E-state index contributed by atoms with van der Waals surface area (Å²) < 4.78 is 0. The van der Waals surface area contributed by atoms with E-state index in [0.717, 1.165) is 16.4 Å². The molecule has 0 radical (unpaired) electrons. The molecule has 2 heterocycles. The van der Waals surface area contributed by atoms with Crippen molar-refractivity contribution in [2.45, 2.75) is 46.0 Å². The van der Waals surface area contributed by atoms with Gasteiger partial charge in [-0.15, -0.1) is 22.7 Å². The lowest BCUT2D eigenvalue weighted by molar-refractivity contribution is 0.581. The molecule has 5 heteroatoms. The van der Waals surface area contributed by atoms with E-state index in [9.17, 15) is 0 Å². The van der Waals surface area contributed by atoms with Gasteiger partial charge in [-0.05, 0) is 5.92 Å². The minimum absolute atomic E-state index is 0.0775. The van der Waals surface area contributed by atoms with Crippen LogP contribution in [0.25, 0.3) is 10.6 Å². The van der Waals surface area contributed by atoms with Crippen LogP contribution in [0.2, 0.25) is 0 Å². The van der Waals surface area contributed by atoms with E-state index in [2.05, 4.69) is 39.6 Å². The fraction of sp³-hybridized carbons (Fsp3) is 0.538. The Balaban J connectivity index is 2.55. The molecule has 2 aromatic heterocycles. The molecule has 2 rings (SSSR count). The van der Waals surface area contributed by atoms with E-state index in [-0.39, 0.29) is 5.41 Å². The average Bonchev–Trinajstić information content (AvgIpc) is 2.81. The van der Waals surface area contributed by atoms with Crippen LogP contribution in [0, 0.1) is 0 Å². The van der Waals surface area contributed by atoms with E-state index in [1.165, 1.54) is 16.2 Å². The van der Waals surface area contributed by atoms with Crippen molar-refractivity contribution < 1.29 is 0 Å². The van der Waals surface area contributed by atoms with Crippen molar-refractivity contribution in [3.05, 3.63) is 16.1 Å². The molecule has 0 saturated heterocycles. The van der Waals surface area contributed by atoms with Crippen molar-refractivity contribution in [3.63, 3.8) is 0 Å². The zero-order chi connectivity index (χ0) is 13.5. The van der Waals surface area contributed by atoms with E-state index in [4.69, 9.17) is 10.7 Å². The molecule has 0 aliphatic carbocycles. The number of thiazole rings is 2. The summed E-state index contributed by atoms with van der Waals surface area (Å²) in [4.78, 5) is 10.4. The highest BCUT2D eigenvalue weighted by Crippen LogP contribution is 2.39. The summed E-state index contributed by atoms with van der Waals surface area (Å²) in [6, 6.07) is 0. The van der Waals surface area contributed by atoms with Crippen LogP contribution in [0.5, 0.6) is 0 Å². The second kappa shape index (κ2) is 4.63. The lowest BCUT2D eigenvalue weighted by Crippen LogP contribution is -2.10. The van der Waals surface area contributed by atoms with Crippen LogP contribution in [-0.4, -0.2) is 9.97 Å². The smallest absolute Gasteiger partial charge is 0.180 e. The maximum absolute atomic E-state index is 5.73. The molecule has 0 atom stereocenters. The Bertz CT molecular complexity index is 547. The van der Waals surface area contributed by atoms with Crippen LogP contribution in [0.3, 0.4) is 0 Å². The molecular weight excluding hydrogens is 262 g/mol. The van der Waals surface area contributed by atoms with Crippen molar-refractivity contribution in [1.82, 2.24) is 9.97 Å². The highest BCUT2D eigenvalue weighted by atomic mass is 32.1. The summed E-state index contributed by atoms with van der Waals surface area (Å²) >= 11 is 3.22. The van der Waals surface area contributed by atoms with Gasteiger partial charge in [0.2, 0.25) is 0 Å². The first-order valence-corrected chi connectivity index (χ1v) is 7.71. The van der Waals surface area contributed by atoms with Gasteiger partial charge in [0.25, 0.3) is 0 Å². The second-order valence-electron chi connectivity index (χ2n) is 5.71. The lowest BCUT2D eigenvalue weighted by Gasteiger charge is -2.13. The van der Waals surface area contributed by atoms with Gasteiger partial charge in [0.1, 0.15) is 0 Å². The first kappa shape index (κ1) is 13.5. The molecule has 0 amide bonds. The fourth-order valence-corrected chi connectivity index (χ4v) is 3.49. The number of anilines is 1. The quantitative estimate of drug-likeness (QED) is 0.894. The Kier molecular flexibility index (Phi) is 3.47. The largest absolute Gasteiger partial charge is 0.375 e. The molecule has 2 aromatic rings.